The van der Waals surface area contributed by atoms with Crippen molar-refractivity contribution in [1.82, 2.24) is 4.57 Å². The highest BCUT2D eigenvalue weighted by Gasteiger charge is 2.08. The summed E-state index contributed by atoms with van der Waals surface area (Å²) < 4.78 is 15.3. The lowest BCUT2D eigenvalue weighted by Crippen LogP contribution is -2.21. The van der Waals surface area contributed by atoms with E-state index in [1.807, 2.05) is 0 Å². The molecule has 84 valence electrons. The number of fused-ring (bicyclic) bond motifs is 1. The number of aliphatic hydroxyl groups excluding tert-OH is 1. The summed E-state index contributed by atoms with van der Waals surface area (Å²) in [6, 6.07) is 4.60. The van der Waals surface area contributed by atoms with Crippen LogP contribution in [0.25, 0.3) is 10.8 Å². The smallest absolute Gasteiger partial charge is 0.258 e. The van der Waals surface area contributed by atoms with Gasteiger partial charge in [-0.1, -0.05) is 0 Å². The van der Waals surface area contributed by atoms with Crippen LogP contribution in [0.1, 0.15) is 0 Å². The molecule has 0 spiro atoms. The van der Waals surface area contributed by atoms with Crippen molar-refractivity contribution in [3.8, 4) is 0 Å². The Kier molecular flexibility index (Phi) is 3.07. The van der Waals surface area contributed by atoms with Gasteiger partial charge in [-0.2, -0.15) is 0 Å². The number of pyridine rings is 1. The van der Waals surface area contributed by atoms with Gasteiger partial charge in [0.1, 0.15) is 5.82 Å². The second-order valence-electron chi connectivity index (χ2n) is 3.36. The van der Waals surface area contributed by atoms with Gasteiger partial charge in [0.2, 0.25) is 0 Å². The van der Waals surface area contributed by atoms with E-state index < -0.39 is 5.82 Å². The summed E-state index contributed by atoms with van der Waals surface area (Å²) in [5.41, 5.74) is -0.294. The Bertz CT molecular complexity index is 594. The number of hydrogen-bond donors (Lipinski definition) is 1. The lowest BCUT2D eigenvalue weighted by Gasteiger charge is -2.06. The fourth-order valence-corrected chi connectivity index (χ4v) is 1.93. The second kappa shape index (κ2) is 4.35. The number of rotatable bonds is 2. The van der Waals surface area contributed by atoms with Crippen molar-refractivity contribution in [3.05, 3.63) is 45.0 Å². The van der Waals surface area contributed by atoms with Gasteiger partial charge in [0.05, 0.1) is 16.5 Å². The maximum atomic E-state index is 13.7. The first kappa shape index (κ1) is 11.3. The number of nitrogens with zero attached hydrogens (tertiary/aromatic N) is 1. The summed E-state index contributed by atoms with van der Waals surface area (Å²) in [4.78, 5) is 11.9. The van der Waals surface area contributed by atoms with Crippen molar-refractivity contribution in [2.75, 3.05) is 6.61 Å². The third kappa shape index (κ3) is 1.76. The molecule has 0 radical (unpaired) electrons. The van der Waals surface area contributed by atoms with Gasteiger partial charge in [0.15, 0.2) is 0 Å². The summed E-state index contributed by atoms with van der Waals surface area (Å²) in [5.74, 6) is -0.439. The Labute approximate surface area is 99.3 Å². The predicted molar refractivity (Wildman–Crippen MR) is 63.0 cm³/mol. The van der Waals surface area contributed by atoms with Gasteiger partial charge in [-0.3, -0.25) is 4.79 Å². The van der Waals surface area contributed by atoms with Crippen molar-refractivity contribution in [1.29, 1.82) is 0 Å². The van der Waals surface area contributed by atoms with Crippen LogP contribution < -0.4 is 5.56 Å². The van der Waals surface area contributed by atoms with Crippen LogP contribution in [0.3, 0.4) is 0 Å². The molecular formula is C11H9BrFNO2. The van der Waals surface area contributed by atoms with Crippen molar-refractivity contribution < 1.29 is 9.50 Å². The van der Waals surface area contributed by atoms with Gasteiger partial charge < -0.3 is 9.67 Å². The molecule has 0 fully saturated rings. The van der Waals surface area contributed by atoms with Crippen LogP contribution in [0.2, 0.25) is 0 Å². The second-order valence-corrected chi connectivity index (χ2v) is 4.21. The molecule has 0 aliphatic heterocycles. The minimum absolute atomic E-state index is 0.121. The molecule has 1 aromatic heterocycles. The molecule has 0 bridgehead atoms. The van der Waals surface area contributed by atoms with E-state index in [9.17, 15) is 9.18 Å². The molecule has 0 aliphatic rings. The quantitative estimate of drug-likeness (QED) is 0.916. The first-order valence-corrected chi connectivity index (χ1v) is 5.52. The minimum atomic E-state index is -0.439. The summed E-state index contributed by atoms with van der Waals surface area (Å²) >= 11 is 3.07. The molecule has 16 heavy (non-hydrogen) atoms. The van der Waals surface area contributed by atoms with Gasteiger partial charge in [-0.25, -0.2) is 4.39 Å². The number of hydrogen-bond acceptors (Lipinski definition) is 2. The average molecular weight is 286 g/mol. The Morgan fingerprint density at radius 3 is 2.75 bits per heavy atom. The van der Waals surface area contributed by atoms with E-state index in [0.717, 1.165) is 0 Å². The van der Waals surface area contributed by atoms with Crippen LogP contribution >= 0.6 is 15.9 Å². The summed E-state index contributed by atoms with van der Waals surface area (Å²) in [7, 11) is 0. The molecule has 2 aromatic rings. The van der Waals surface area contributed by atoms with Gasteiger partial charge >= 0.3 is 0 Å². The molecule has 1 N–H and O–H groups in total. The van der Waals surface area contributed by atoms with Crippen molar-refractivity contribution in [3.63, 3.8) is 0 Å². The Morgan fingerprint density at radius 1 is 1.31 bits per heavy atom. The summed E-state index contributed by atoms with van der Waals surface area (Å²) in [6.45, 7) is 0.0941. The molecule has 1 heterocycles. The third-order valence-corrected chi connectivity index (χ3v) is 3.00. The minimum Gasteiger partial charge on any atom is -0.395 e. The molecule has 0 aliphatic carbocycles. The van der Waals surface area contributed by atoms with E-state index in [2.05, 4.69) is 15.9 Å². The molecule has 2 rings (SSSR count). The Hall–Kier alpha value is -1.20. The zero-order chi connectivity index (χ0) is 11.7. The maximum Gasteiger partial charge on any atom is 0.258 e. The zero-order valence-corrected chi connectivity index (χ0v) is 9.87. The molecule has 1 aromatic carbocycles. The largest absolute Gasteiger partial charge is 0.395 e. The molecule has 0 saturated heterocycles. The van der Waals surface area contributed by atoms with Crippen molar-refractivity contribution in [2.24, 2.45) is 0 Å². The standard InChI is InChI=1S/C11H9BrFNO2/c12-9-2-1-8-7(10(9)13)3-4-14(5-6-15)11(8)16/h1-4,15H,5-6H2. The van der Waals surface area contributed by atoms with Crippen LogP contribution in [0.5, 0.6) is 0 Å². The fraction of sp³-hybridized carbons (Fsp3) is 0.182. The molecule has 0 atom stereocenters. The van der Waals surface area contributed by atoms with Crippen LogP contribution in [0.4, 0.5) is 4.39 Å². The average Bonchev–Trinajstić information content (AvgIpc) is 2.28. The Morgan fingerprint density at radius 2 is 2.06 bits per heavy atom. The van der Waals surface area contributed by atoms with Gasteiger partial charge in [0.25, 0.3) is 5.56 Å². The zero-order valence-electron chi connectivity index (χ0n) is 8.28. The van der Waals surface area contributed by atoms with Gasteiger partial charge in [-0.15, -0.1) is 0 Å². The normalized spacial score (nSPS) is 10.9. The maximum absolute atomic E-state index is 13.7. The summed E-state index contributed by atoms with van der Waals surface area (Å²) in [6.07, 6.45) is 1.48. The van der Waals surface area contributed by atoms with E-state index in [-0.39, 0.29) is 24.1 Å². The molecule has 0 saturated carbocycles. The fourth-order valence-electron chi connectivity index (χ4n) is 1.59. The lowest BCUT2D eigenvalue weighted by molar-refractivity contribution is 0.274. The predicted octanol–water partition coefficient (Wildman–Crippen LogP) is 1.90. The molecular weight excluding hydrogens is 277 g/mol. The molecule has 5 heteroatoms. The first-order valence-electron chi connectivity index (χ1n) is 4.73. The van der Waals surface area contributed by atoms with Crippen LogP contribution in [0.15, 0.2) is 33.7 Å². The number of aliphatic hydroxyl groups is 1. The van der Waals surface area contributed by atoms with Crippen LogP contribution in [0, 0.1) is 5.82 Å². The van der Waals surface area contributed by atoms with Crippen LogP contribution in [-0.2, 0) is 6.54 Å². The van der Waals surface area contributed by atoms with Gasteiger partial charge in [-0.05, 0) is 34.1 Å². The number of halogens is 2. The van der Waals surface area contributed by atoms with Crippen molar-refractivity contribution >= 4 is 26.7 Å². The van der Waals surface area contributed by atoms with Gasteiger partial charge in [0, 0.05) is 18.1 Å². The topological polar surface area (TPSA) is 42.2 Å². The van der Waals surface area contributed by atoms with E-state index in [0.29, 0.717) is 9.86 Å². The number of aromatic nitrogens is 1. The van der Waals surface area contributed by atoms with E-state index in [1.54, 1.807) is 6.07 Å². The monoisotopic (exact) mass is 285 g/mol. The third-order valence-electron chi connectivity index (χ3n) is 2.39. The highest BCUT2D eigenvalue weighted by Crippen LogP contribution is 2.22. The highest BCUT2D eigenvalue weighted by molar-refractivity contribution is 9.10. The molecule has 3 nitrogen and oxygen atoms in total. The van der Waals surface area contributed by atoms with E-state index in [1.165, 1.54) is 22.9 Å². The lowest BCUT2D eigenvalue weighted by atomic mass is 10.1. The SMILES string of the molecule is O=c1c2ccc(Br)c(F)c2ccn1CCO. The van der Waals surface area contributed by atoms with E-state index >= 15 is 0 Å². The highest BCUT2D eigenvalue weighted by atomic mass is 79.9. The van der Waals surface area contributed by atoms with Crippen molar-refractivity contribution in [2.45, 2.75) is 6.54 Å². The Balaban J connectivity index is 2.77. The molecule has 0 amide bonds. The van der Waals surface area contributed by atoms with E-state index in [4.69, 9.17) is 5.11 Å². The van der Waals surface area contributed by atoms with Crippen LogP contribution in [-0.4, -0.2) is 16.3 Å². The number of benzene rings is 1. The molecule has 0 unspecified atom stereocenters. The first-order chi connectivity index (χ1) is 7.65. The summed E-state index contributed by atoms with van der Waals surface area (Å²) in [5, 5.41) is 9.38.